The molecule has 0 bridgehead atoms. The van der Waals surface area contributed by atoms with E-state index in [1.165, 1.54) is 12.3 Å². The van der Waals surface area contributed by atoms with Crippen LogP contribution in [0.25, 0.3) is 0 Å². The second kappa shape index (κ2) is 4.45. The van der Waals surface area contributed by atoms with E-state index in [1.54, 1.807) is 6.92 Å². The summed E-state index contributed by atoms with van der Waals surface area (Å²) in [5.74, 6) is -0.782. The largest absolute Gasteiger partial charge is 0.389 e. The van der Waals surface area contributed by atoms with Crippen LogP contribution in [0.5, 0.6) is 0 Å². The summed E-state index contributed by atoms with van der Waals surface area (Å²) in [6.45, 7) is 1.59. The average molecular weight is 200 g/mol. The average Bonchev–Trinajstić information content (AvgIpc) is 2.19. The van der Waals surface area contributed by atoms with Crippen molar-refractivity contribution in [2.45, 2.75) is 19.1 Å². The zero-order valence-electron chi connectivity index (χ0n) is 7.81. The summed E-state index contributed by atoms with van der Waals surface area (Å²) in [7, 11) is 0. The Bertz CT molecular complexity index is 320. The summed E-state index contributed by atoms with van der Waals surface area (Å²) in [5, 5.41) is 18.7. The third-order valence-corrected chi connectivity index (χ3v) is 1.93. The molecule has 1 rings (SSSR count). The standard InChI is InChI=1S/C9H13FN2O2/c1-5-2-6(9(10)12-4-5)8(14)7(13)3-11/h2,4,7-8,13-14H,3,11H2,1H3. The smallest absolute Gasteiger partial charge is 0.218 e. The fraction of sp³-hybridized carbons (Fsp3) is 0.444. The predicted octanol–water partition coefficient (Wildman–Crippen LogP) is -0.118. The van der Waals surface area contributed by atoms with Crippen molar-refractivity contribution in [2.24, 2.45) is 5.73 Å². The molecule has 1 aromatic rings. The van der Waals surface area contributed by atoms with E-state index in [-0.39, 0.29) is 12.1 Å². The maximum atomic E-state index is 13.1. The highest BCUT2D eigenvalue weighted by atomic mass is 19.1. The lowest BCUT2D eigenvalue weighted by atomic mass is 10.0. The molecule has 0 saturated carbocycles. The zero-order chi connectivity index (χ0) is 10.7. The molecule has 0 aliphatic rings. The molecule has 4 N–H and O–H groups in total. The Hall–Kier alpha value is -1.04. The van der Waals surface area contributed by atoms with Gasteiger partial charge < -0.3 is 15.9 Å². The van der Waals surface area contributed by atoms with Crippen LogP contribution in [0.2, 0.25) is 0 Å². The number of rotatable bonds is 3. The topological polar surface area (TPSA) is 79.4 Å². The minimum Gasteiger partial charge on any atom is -0.389 e. The normalized spacial score (nSPS) is 15.2. The molecule has 0 aromatic carbocycles. The Balaban J connectivity index is 2.99. The van der Waals surface area contributed by atoms with E-state index >= 15 is 0 Å². The summed E-state index contributed by atoms with van der Waals surface area (Å²) in [4.78, 5) is 3.44. The number of aromatic nitrogens is 1. The molecule has 0 fully saturated rings. The molecule has 0 radical (unpaired) electrons. The van der Waals surface area contributed by atoms with Crippen molar-refractivity contribution >= 4 is 0 Å². The van der Waals surface area contributed by atoms with E-state index in [2.05, 4.69) is 4.98 Å². The van der Waals surface area contributed by atoms with Crippen molar-refractivity contribution in [1.29, 1.82) is 0 Å². The van der Waals surface area contributed by atoms with Crippen molar-refractivity contribution < 1.29 is 14.6 Å². The van der Waals surface area contributed by atoms with Gasteiger partial charge in [0.05, 0.1) is 6.10 Å². The molecular weight excluding hydrogens is 187 g/mol. The van der Waals surface area contributed by atoms with Gasteiger partial charge in [-0.25, -0.2) is 4.98 Å². The van der Waals surface area contributed by atoms with Crippen molar-refractivity contribution in [3.8, 4) is 0 Å². The Labute approximate surface area is 81.2 Å². The van der Waals surface area contributed by atoms with Crippen LogP contribution in [-0.4, -0.2) is 27.8 Å². The summed E-state index contributed by atoms with van der Waals surface area (Å²) in [6, 6.07) is 1.44. The number of aryl methyl sites for hydroxylation is 1. The van der Waals surface area contributed by atoms with Crippen LogP contribution in [0.4, 0.5) is 4.39 Å². The van der Waals surface area contributed by atoms with E-state index < -0.39 is 18.2 Å². The maximum Gasteiger partial charge on any atom is 0.218 e. The SMILES string of the molecule is Cc1cnc(F)c(C(O)C(O)CN)c1. The minimum atomic E-state index is -1.33. The summed E-state index contributed by atoms with van der Waals surface area (Å²) < 4.78 is 13.1. The highest BCUT2D eigenvalue weighted by Crippen LogP contribution is 2.19. The molecule has 4 nitrogen and oxygen atoms in total. The number of halogens is 1. The molecule has 1 aromatic heterocycles. The lowest BCUT2D eigenvalue weighted by Crippen LogP contribution is -2.28. The van der Waals surface area contributed by atoms with E-state index in [4.69, 9.17) is 5.73 Å². The number of aliphatic hydroxyl groups excluding tert-OH is 2. The number of aliphatic hydroxyl groups is 2. The molecule has 0 spiro atoms. The third kappa shape index (κ3) is 2.25. The highest BCUT2D eigenvalue weighted by Gasteiger charge is 2.20. The number of hydrogen-bond acceptors (Lipinski definition) is 4. The second-order valence-electron chi connectivity index (χ2n) is 3.14. The Morgan fingerprint density at radius 2 is 2.21 bits per heavy atom. The molecule has 78 valence electrons. The Morgan fingerprint density at radius 3 is 2.79 bits per heavy atom. The van der Waals surface area contributed by atoms with Gasteiger partial charge in [0.15, 0.2) is 0 Å². The quantitative estimate of drug-likeness (QED) is 0.594. The van der Waals surface area contributed by atoms with Crippen LogP contribution in [-0.2, 0) is 0 Å². The van der Waals surface area contributed by atoms with E-state index in [9.17, 15) is 14.6 Å². The van der Waals surface area contributed by atoms with Gasteiger partial charge >= 0.3 is 0 Å². The fourth-order valence-corrected chi connectivity index (χ4v) is 1.12. The molecule has 0 aliphatic heterocycles. The van der Waals surface area contributed by atoms with Gasteiger partial charge in [0.25, 0.3) is 0 Å². The number of nitrogens with zero attached hydrogens (tertiary/aromatic N) is 1. The van der Waals surface area contributed by atoms with Crippen LogP contribution < -0.4 is 5.73 Å². The molecule has 0 aliphatic carbocycles. The van der Waals surface area contributed by atoms with Gasteiger partial charge in [0.2, 0.25) is 5.95 Å². The molecule has 2 atom stereocenters. The first kappa shape index (κ1) is 11.0. The minimum absolute atomic E-state index is 0.0250. The van der Waals surface area contributed by atoms with Gasteiger partial charge in [0.1, 0.15) is 6.10 Å². The molecule has 5 heteroatoms. The van der Waals surface area contributed by atoms with Gasteiger partial charge in [-0.05, 0) is 18.6 Å². The van der Waals surface area contributed by atoms with Crippen LogP contribution >= 0.6 is 0 Å². The predicted molar refractivity (Wildman–Crippen MR) is 49.0 cm³/mol. The number of pyridine rings is 1. The number of hydrogen-bond donors (Lipinski definition) is 3. The maximum absolute atomic E-state index is 13.1. The molecule has 0 saturated heterocycles. The molecule has 1 heterocycles. The summed E-state index contributed by atoms with van der Waals surface area (Å²) in [6.07, 6.45) is -1.15. The van der Waals surface area contributed by atoms with Crippen LogP contribution in [0, 0.1) is 12.9 Å². The van der Waals surface area contributed by atoms with Gasteiger partial charge in [0, 0.05) is 18.3 Å². The number of nitrogens with two attached hydrogens (primary N) is 1. The third-order valence-electron chi connectivity index (χ3n) is 1.93. The Morgan fingerprint density at radius 1 is 1.57 bits per heavy atom. The van der Waals surface area contributed by atoms with Crippen molar-refractivity contribution in [3.05, 3.63) is 29.3 Å². The second-order valence-corrected chi connectivity index (χ2v) is 3.14. The van der Waals surface area contributed by atoms with Crippen molar-refractivity contribution in [1.82, 2.24) is 4.98 Å². The van der Waals surface area contributed by atoms with Gasteiger partial charge in [-0.3, -0.25) is 0 Å². The van der Waals surface area contributed by atoms with E-state index in [1.807, 2.05) is 0 Å². The van der Waals surface area contributed by atoms with Gasteiger partial charge in [-0.1, -0.05) is 0 Å². The molecular formula is C9H13FN2O2. The summed E-state index contributed by atoms with van der Waals surface area (Å²) in [5.41, 5.74) is 5.83. The lowest BCUT2D eigenvalue weighted by molar-refractivity contribution is 0.0217. The highest BCUT2D eigenvalue weighted by molar-refractivity contribution is 5.21. The van der Waals surface area contributed by atoms with Gasteiger partial charge in [-0.2, -0.15) is 4.39 Å². The fourth-order valence-electron chi connectivity index (χ4n) is 1.12. The van der Waals surface area contributed by atoms with Crippen LogP contribution in [0.1, 0.15) is 17.2 Å². The first-order valence-electron chi connectivity index (χ1n) is 4.24. The first-order chi connectivity index (χ1) is 6.56. The molecule has 14 heavy (non-hydrogen) atoms. The molecule has 0 amide bonds. The van der Waals surface area contributed by atoms with Crippen LogP contribution in [0.15, 0.2) is 12.3 Å². The van der Waals surface area contributed by atoms with Gasteiger partial charge in [-0.15, -0.1) is 0 Å². The monoisotopic (exact) mass is 200 g/mol. The molecule has 2 unspecified atom stereocenters. The zero-order valence-corrected chi connectivity index (χ0v) is 7.81. The first-order valence-corrected chi connectivity index (χ1v) is 4.24. The van der Waals surface area contributed by atoms with E-state index in [0.717, 1.165) is 0 Å². The van der Waals surface area contributed by atoms with Crippen LogP contribution in [0.3, 0.4) is 0 Å². The Kier molecular flexibility index (Phi) is 3.51. The van der Waals surface area contributed by atoms with E-state index in [0.29, 0.717) is 5.56 Å². The lowest BCUT2D eigenvalue weighted by Gasteiger charge is -2.16. The van der Waals surface area contributed by atoms with Crippen molar-refractivity contribution in [2.75, 3.05) is 6.54 Å². The summed E-state index contributed by atoms with van der Waals surface area (Å²) >= 11 is 0. The van der Waals surface area contributed by atoms with Crippen molar-refractivity contribution in [3.63, 3.8) is 0 Å².